The predicted octanol–water partition coefficient (Wildman–Crippen LogP) is 0.896. The number of carbonyl (C=O) groups excluding carboxylic acids is 3. The van der Waals surface area contributed by atoms with Crippen molar-refractivity contribution in [2.45, 2.75) is 26.8 Å². The molecule has 26 heavy (non-hydrogen) atoms. The average molecular weight is 356 g/mol. The first kappa shape index (κ1) is 17.8. The van der Waals surface area contributed by atoms with Crippen LogP contribution in [-0.2, 0) is 9.59 Å². The highest BCUT2D eigenvalue weighted by molar-refractivity contribution is 6.21. The fourth-order valence-corrected chi connectivity index (χ4v) is 3.40. The van der Waals surface area contributed by atoms with Gasteiger partial charge in [-0.1, -0.05) is 17.7 Å². The molecule has 0 aliphatic carbocycles. The summed E-state index contributed by atoms with van der Waals surface area (Å²) in [5, 5.41) is 2.92. The van der Waals surface area contributed by atoms with Gasteiger partial charge in [-0.3, -0.25) is 19.4 Å². The number of amides is 4. The minimum Gasteiger partial charge on any atom is -0.322 e. The maximum absolute atomic E-state index is 12.5. The number of hydrogen-bond acceptors (Lipinski definition) is 4. The Morgan fingerprint density at radius 2 is 1.77 bits per heavy atom. The standard InChI is InChI=1S/C18H21N5O3/c1-10-6-11(2)14(12(3)7-10)20-13(24)8-23-9-19-16-15(23)17(25)22(5)18(26)21(16)4/h6-7,9,15H,8H2,1-5H3/p+1. The van der Waals surface area contributed by atoms with Crippen molar-refractivity contribution < 1.29 is 19.0 Å². The number of anilines is 1. The molecule has 4 amide bonds. The summed E-state index contributed by atoms with van der Waals surface area (Å²) in [5.74, 6) is -0.299. The van der Waals surface area contributed by atoms with Crippen LogP contribution >= 0.6 is 0 Å². The zero-order chi connectivity index (χ0) is 19.2. The van der Waals surface area contributed by atoms with E-state index in [2.05, 4.69) is 10.3 Å². The van der Waals surface area contributed by atoms with Gasteiger partial charge in [-0.15, -0.1) is 0 Å². The fourth-order valence-electron chi connectivity index (χ4n) is 3.40. The number of likely N-dealkylation sites (N-methyl/N-ethyl adjacent to an activating group) is 2. The topological polar surface area (TPSA) is 85.1 Å². The highest BCUT2D eigenvalue weighted by Crippen LogP contribution is 2.22. The molecule has 1 atom stereocenters. The van der Waals surface area contributed by atoms with E-state index >= 15 is 0 Å². The van der Waals surface area contributed by atoms with Crippen molar-refractivity contribution in [3.05, 3.63) is 28.8 Å². The lowest BCUT2D eigenvalue weighted by Crippen LogP contribution is -2.61. The van der Waals surface area contributed by atoms with E-state index in [-0.39, 0.29) is 12.5 Å². The Hall–Kier alpha value is -3.03. The molecule has 2 aliphatic rings. The molecule has 136 valence electrons. The predicted molar refractivity (Wildman–Crippen MR) is 97.6 cm³/mol. The number of nitrogens with one attached hydrogen (secondary N) is 1. The second-order valence-electron chi connectivity index (χ2n) is 6.74. The molecular formula is C18H22N5O3+. The average Bonchev–Trinajstić information content (AvgIpc) is 2.98. The number of fused-ring (bicyclic) bond motifs is 1. The van der Waals surface area contributed by atoms with E-state index in [9.17, 15) is 14.4 Å². The monoisotopic (exact) mass is 356 g/mol. The summed E-state index contributed by atoms with van der Waals surface area (Å²) < 4.78 is 1.55. The molecule has 2 aliphatic heterocycles. The molecule has 1 N–H and O–H groups in total. The second kappa shape index (κ2) is 6.36. The zero-order valence-electron chi connectivity index (χ0n) is 15.5. The highest BCUT2D eigenvalue weighted by Gasteiger charge is 2.50. The van der Waals surface area contributed by atoms with Crippen molar-refractivity contribution in [3.8, 4) is 0 Å². The van der Waals surface area contributed by atoms with Crippen molar-refractivity contribution in [2.24, 2.45) is 4.99 Å². The van der Waals surface area contributed by atoms with Gasteiger partial charge in [0.05, 0.1) is 0 Å². The Morgan fingerprint density at radius 3 is 2.38 bits per heavy atom. The normalized spacial score (nSPS) is 19.3. The molecule has 1 aromatic carbocycles. The first-order chi connectivity index (χ1) is 12.2. The quantitative estimate of drug-likeness (QED) is 0.817. The molecule has 0 bridgehead atoms. The first-order valence-corrected chi connectivity index (χ1v) is 8.30. The Kier molecular flexibility index (Phi) is 4.35. The van der Waals surface area contributed by atoms with E-state index in [1.54, 1.807) is 11.6 Å². The summed E-state index contributed by atoms with van der Waals surface area (Å²) in [6.45, 7) is 5.86. The lowest BCUT2D eigenvalue weighted by Gasteiger charge is -2.30. The number of carbonyl (C=O) groups is 3. The van der Waals surface area contributed by atoms with E-state index in [4.69, 9.17) is 0 Å². The van der Waals surface area contributed by atoms with E-state index in [1.807, 2.05) is 32.9 Å². The van der Waals surface area contributed by atoms with Crippen LogP contribution in [0.1, 0.15) is 16.7 Å². The Bertz CT molecular complexity index is 864. The molecular weight excluding hydrogens is 334 g/mol. The molecule has 3 rings (SSSR count). The minimum atomic E-state index is -0.756. The number of urea groups is 1. The third kappa shape index (κ3) is 2.87. The van der Waals surface area contributed by atoms with Crippen LogP contribution in [0.4, 0.5) is 10.5 Å². The Morgan fingerprint density at radius 1 is 1.15 bits per heavy atom. The minimum absolute atomic E-state index is 0.0357. The fraction of sp³-hybridized carbons (Fsp3) is 0.389. The molecule has 0 saturated carbocycles. The summed E-state index contributed by atoms with van der Waals surface area (Å²) in [4.78, 5) is 43.5. The van der Waals surface area contributed by atoms with Gasteiger partial charge in [0, 0.05) is 19.8 Å². The Balaban J connectivity index is 1.76. The summed E-state index contributed by atoms with van der Waals surface area (Å²) in [5.41, 5.74) is 3.88. The lowest BCUT2D eigenvalue weighted by atomic mass is 10.1. The van der Waals surface area contributed by atoms with Crippen molar-refractivity contribution in [1.29, 1.82) is 0 Å². The molecule has 0 spiro atoms. The van der Waals surface area contributed by atoms with Gasteiger partial charge in [0.15, 0.2) is 6.54 Å². The van der Waals surface area contributed by atoms with Crippen molar-refractivity contribution in [3.63, 3.8) is 0 Å². The number of benzene rings is 1. The number of imide groups is 1. The molecule has 2 heterocycles. The van der Waals surface area contributed by atoms with Gasteiger partial charge in [-0.05, 0) is 36.9 Å². The van der Waals surface area contributed by atoms with Crippen LogP contribution in [0, 0.1) is 20.8 Å². The number of aryl methyl sites for hydroxylation is 3. The zero-order valence-corrected chi connectivity index (χ0v) is 15.5. The van der Waals surface area contributed by atoms with E-state index in [0.29, 0.717) is 5.84 Å². The van der Waals surface area contributed by atoms with Gasteiger partial charge in [0.2, 0.25) is 0 Å². The number of amidine groups is 1. The van der Waals surface area contributed by atoms with E-state index in [1.165, 1.54) is 18.3 Å². The van der Waals surface area contributed by atoms with Gasteiger partial charge in [0.25, 0.3) is 30.0 Å². The van der Waals surface area contributed by atoms with Gasteiger partial charge >= 0.3 is 6.03 Å². The van der Waals surface area contributed by atoms with Crippen LogP contribution in [0.5, 0.6) is 0 Å². The van der Waals surface area contributed by atoms with Crippen molar-refractivity contribution in [2.75, 3.05) is 26.0 Å². The molecule has 0 radical (unpaired) electrons. The van der Waals surface area contributed by atoms with E-state index in [0.717, 1.165) is 27.3 Å². The molecule has 1 aromatic rings. The first-order valence-electron chi connectivity index (χ1n) is 8.30. The number of hydrogen-bond donors (Lipinski definition) is 1. The molecule has 1 saturated heterocycles. The second-order valence-corrected chi connectivity index (χ2v) is 6.74. The Labute approximate surface area is 151 Å². The molecule has 8 nitrogen and oxygen atoms in total. The maximum Gasteiger partial charge on any atom is 0.333 e. The van der Waals surface area contributed by atoms with Crippen LogP contribution < -0.4 is 5.32 Å². The van der Waals surface area contributed by atoms with Crippen LogP contribution in [0.25, 0.3) is 0 Å². The smallest absolute Gasteiger partial charge is 0.322 e. The molecule has 1 fully saturated rings. The van der Waals surface area contributed by atoms with Crippen LogP contribution in [0.15, 0.2) is 17.1 Å². The summed E-state index contributed by atoms with van der Waals surface area (Å²) in [7, 11) is 2.99. The molecule has 0 aromatic heterocycles. The van der Waals surface area contributed by atoms with Crippen molar-refractivity contribution >= 4 is 35.7 Å². The largest absolute Gasteiger partial charge is 0.333 e. The van der Waals surface area contributed by atoms with Gasteiger partial charge in [0.1, 0.15) is 0 Å². The highest BCUT2D eigenvalue weighted by atomic mass is 16.2. The van der Waals surface area contributed by atoms with E-state index < -0.39 is 18.0 Å². The van der Waals surface area contributed by atoms with Gasteiger partial charge in [-0.25, -0.2) is 9.37 Å². The van der Waals surface area contributed by atoms with Crippen molar-refractivity contribution in [1.82, 2.24) is 9.80 Å². The van der Waals surface area contributed by atoms with Crippen LogP contribution in [0.3, 0.4) is 0 Å². The van der Waals surface area contributed by atoms with Gasteiger partial charge in [-0.2, -0.15) is 0 Å². The maximum atomic E-state index is 12.5. The summed E-state index contributed by atoms with van der Waals surface area (Å²) in [6.07, 6.45) is 1.44. The third-order valence-electron chi connectivity index (χ3n) is 4.66. The third-order valence-corrected chi connectivity index (χ3v) is 4.66. The summed E-state index contributed by atoms with van der Waals surface area (Å²) in [6, 6.07) is 2.82. The number of rotatable bonds is 3. The summed E-state index contributed by atoms with van der Waals surface area (Å²) >= 11 is 0. The number of aliphatic imine (C=N–C) groups is 1. The lowest BCUT2D eigenvalue weighted by molar-refractivity contribution is -0.519. The van der Waals surface area contributed by atoms with Gasteiger partial charge < -0.3 is 5.32 Å². The number of nitrogens with zero attached hydrogens (tertiary/aromatic N) is 4. The molecule has 1 unspecified atom stereocenters. The SMILES string of the molecule is Cc1cc(C)c(NC(=O)C[N+]2=CN=C3C2C(=O)N(C)C(=O)N3C)c(C)c1. The van der Waals surface area contributed by atoms with Crippen LogP contribution in [0.2, 0.25) is 0 Å². The molecule has 8 heteroatoms. The van der Waals surface area contributed by atoms with Crippen LogP contribution in [-0.4, -0.2) is 71.1 Å².